The van der Waals surface area contributed by atoms with Gasteiger partial charge in [-0.05, 0) is 87.6 Å². The molecule has 0 aliphatic heterocycles. The molecule has 0 atom stereocenters. The number of nitrogens with zero attached hydrogens (tertiary/aromatic N) is 3. The summed E-state index contributed by atoms with van der Waals surface area (Å²) in [4.78, 5) is 39.8. The van der Waals surface area contributed by atoms with Gasteiger partial charge in [0.2, 0.25) is 5.91 Å². The fraction of sp³-hybridized carbons (Fsp3) is 0.176. The first-order chi connectivity index (χ1) is 20.2. The molecule has 3 aromatic carbocycles. The lowest BCUT2D eigenvalue weighted by molar-refractivity contribution is -0.111. The number of rotatable bonds is 9. The van der Waals surface area contributed by atoms with Crippen molar-refractivity contribution in [1.29, 1.82) is 0 Å². The van der Waals surface area contributed by atoms with Crippen molar-refractivity contribution in [2.45, 2.75) is 20.3 Å². The minimum absolute atomic E-state index is 0.216. The van der Waals surface area contributed by atoms with Gasteiger partial charge in [-0.3, -0.25) is 9.59 Å². The largest absolute Gasteiger partial charge is 0.360 e. The quantitative estimate of drug-likeness (QED) is 0.189. The van der Waals surface area contributed by atoms with Gasteiger partial charge in [0.1, 0.15) is 5.82 Å². The van der Waals surface area contributed by atoms with Gasteiger partial charge in [-0.15, -0.1) is 0 Å². The number of hydrogen-bond donors (Lipinski definition) is 3. The topological polar surface area (TPSA) is 103 Å². The van der Waals surface area contributed by atoms with E-state index in [1.165, 1.54) is 11.6 Å². The number of aryl methyl sites for hydroxylation is 2. The van der Waals surface area contributed by atoms with Gasteiger partial charge >= 0.3 is 0 Å². The number of fused-ring (bicyclic) bond motifs is 1. The minimum Gasteiger partial charge on any atom is -0.360 e. The van der Waals surface area contributed by atoms with Gasteiger partial charge in [0.25, 0.3) is 5.91 Å². The predicted molar refractivity (Wildman–Crippen MR) is 169 cm³/mol. The van der Waals surface area contributed by atoms with Crippen molar-refractivity contribution in [2.75, 3.05) is 31.3 Å². The number of H-pyrrole nitrogens is 1. The second-order valence-corrected chi connectivity index (χ2v) is 10.6. The zero-order valence-corrected chi connectivity index (χ0v) is 24.2. The number of aromatic nitrogens is 3. The number of amides is 2. The number of carbonyl (C=O) groups excluding carboxylic acids is 2. The summed E-state index contributed by atoms with van der Waals surface area (Å²) in [7, 11) is 3.87. The maximum Gasteiger partial charge on any atom is 0.255 e. The van der Waals surface area contributed by atoms with E-state index in [9.17, 15) is 9.59 Å². The van der Waals surface area contributed by atoms with E-state index >= 15 is 0 Å². The Morgan fingerprint density at radius 1 is 0.952 bits per heavy atom. The van der Waals surface area contributed by atoms with Crippen LogP contribution in [0.4, 0.5) is 11.4 Å². The number of carbonyl (C=O) groups is 2. The smallest absolute Gasteiger partial charge is 0.255 e. The summed E-state index contributed by atoms with van der Waals surface area (Å²) in [5.74, 6) is 0.252. The van der Waals surface area contributed by atoms with Crippen molar-refractivity contribution >= 4 is 34.1 Å². The molecule has 0 radical (unpaired) electrons. The molecule has 0 unspecified atom stereocenters. The third kappa shape index (κ3) is 6.97. The van der Waals surface area contributed by atoms with Crippen LogP contribution in [0.1, 0.15) is 32.9 Å². The highest BCUT2D eigenvalue weighted by Gasteiger charge is 2.13. The average molecular weight is 559 g/mol. The van der Waals surface area contributed by atoms with Crippen LogP contribution in [-0.2, 0) is 11.2 Å². The lowest BCUT2D eigenvalue weighted by Crippen LogP contribution is -2.14. The molecule has 42 heavy (non-hydrogen) atoms. The van der Waals surface area contributed by atoms with Crippen molar-refractivity contribution < 1.29 is 9.59 Å². The van der Waals surface area contributed by atoms with Crippen molar-refractivity contribution in [3.63, 3.8) is 0 Å². The van der Waals surface area contributed by atoms with E-state index in [0.29, 0.717) is 35.7 Å². The highest BCUT2D eigenvalue weighted by molar-refractivity contribution is 6.05. The molecule has 8 heteroatoms. The summed E-state index contributed by atoms with van der Waals surface area (Å²) >= 11 is 0. The second kappa shape index (κ2) is 12.6. The van der Waals surface area contributed by atoms with Crippen LogP contribution in [-0.4, -0.2) is 52.3 Å². The average Bonchev–Trinajstić information content (AvgIpc) is 3.37. The van der Waals surface area contributed by atoms with E-state index in [4.69, 9.17) is 4.98 Å². The Hall–Kier alpha value is -5.08. The molecule has 2 aromatic heterocycles. The number of nitrogens with one attached hydrogen (secondary N) is 3. The van der Waals surface area contributed by atoms with E-state index in [1.54, 1.807) is 30.3 Å². The number of anilines is 2. The molecule has 5 rings (SSSR count). The Kier molecular flexibility index (Phi) is 8.55. The van der Waals surface area contributed by atoms with Gasteiger partial charge in [-0.25, -0.2) is 9.97 Å². The molecule has 2 amide bonds. The highest BCUT2D eigenvalue weighted by atomic mass is 16.2. The first-order valence-electron chi connectivity index (χ1n) is 13.8. The predicted octanol–water partition coefficient (Wildman–Crippen LogP) is 6.14. The molecular formula is C34H34N6O2. The van der Waals surface area contributed by atoms with Gasteiger partial charge in [-0.2, -0.15) is 0 Å². The van der Waals surface area contributed by atoms with Crippen LogP contribution < -0.4 is 10.6 Å². The second-order valence-electron chi connectivity index (χ2n) is 10.6. The van der Waals surface area contributed by atoms with Crippen LogP contribution in [0.25, 0.3) is 22.2 Å². The summed E-state index contributed by atoms with van der Waals surface area (Å²) in [5.41, 5.74) is 8.01. The zero-order valence-electron chi connectivity index (χ0n) is 24.2. The monoisotopic (exact) mass is 558 g/mol. The lowest BCUT2D eigenvalue weighted by atomic mass is 10.0. The molecule has 3 N–H and O–H groups in total. The Labute approximate surface area is 245 Å². The number of likely N-dealkylation sites (N-methyl/N-ethyl adjacent to an activating group) is 1. The van der Waals surface area contributed by atoms with Crippen molar-refractivity contribution in [2.24, 2.45) is 0 Å². The SMILES string of the molecule is Cc1ccc2[nH]cc(-c3nc(Cc4cccc(NC(=O)c5ccc(NC(=O)/C=C/CN(C)C)cc5)c4)ncc3C)c2c1. The fourth-order valence-electron chi connectivity index (χ4n) is 4.67. The van der Waals surface area contributed by atoms with Gasteiger partial charge in [0, 0.05) is 64.8 Å². The van der Waals surface area contributed by atoms with Crippen LogP contribution in [0.15, 0.2) is 91.3 Å². The molecule has 212 valence electrons. The first kappa shape index (κ1) is 28.4. The van der Waals surface area contributed by atoms with E-state index < -0.39 is 0 Å². The molecule has 2 heterocycles. The number of hydrogen-bond acceptors (Lipinski definition) is 5. The van der Waals surface area contributed by atoms with Crippen molar-refractivity contribution in [3.05, 3.63) is 119 Å². The molecule has 8 nitrogen and oxygen atoms in total. The van der Waals surface area contributed by atoms with E-state index in [-0.39, 0.29) is 11.8 Å². The maximum absolute atomic E-state index is 12.9. The molecule has 0 aliphatic carbocycles. The Balaban J connectivity index is 1.25. The van der Waals surface area contributed by atoms with Gasteiger partial charge < -0.3 is 20.5 Å². The Bertz CT molecular complexity index is 1770. The molecule has 0 bridgehead atoms. The molecule has 0 spiro atoms. The van der Waals surface area contributed by atoms with Crippen LogP contribution in [0, 0.1) is 13.8 Å². The fourth-order valence-corrected chi connectivity index (χ4v) is 4.67. The summed E-state index contributed by atoms with van der Waals surface area (Å²) in [6, 6.07) is 20.8. The van der Waals surface area contributed by atoms with Gasteiger partial charge in [-0.1, -0.05) is 29.8 Å². The number of benzene rings is 3. The van der Waals surface area contributed by atoms with Crippen molar-refractivity contribution in [1.82, 2.24) is 19.9 Å². The molecule has 0 aliphatic rings. The molecule has 0 saturated carbocycles. The highest BCUT2D eigenvalue weighted by Crippen LogP contribution is 2.30. The Morgan fingerprint density at radius 3 is 2.55 bits per heavy atom. The van der Waals surface area contributed by atoms with Crippen LogP contribution >= 0.6 is 0 Å². The van der Waals surface area contributed by atoms with Crippen LogP contribution in [0.2, 0.25) is 0 Å². The van der Waals surface area contributed by atoms with Crippen LogP contribution in [0.3, 0.4) is 0 Å². The van der Waals surface area contributed by atoms with E-state index in [0.717, 1.165) is 33.3 Å². The first-order valence-corrected chi connectivity index (χ1v) is 13.8. The van der Waals surface area contributed by atoms with Gasteiger partial charge in [0.05, 0.1) is 5.69 Å². The molecule has 0 fully saturated rings. The maximum atomic E-state index is 12.9. The molecule has 5 aromatic rings. The van der Waals surface area contributed by atoms with Gasteiger partial charge in [0.15, 0.2) is 0 Å². The van der Waals surface area contributed by atoms with Crippen LogP contribution in [0.5, 0.6) is 0 Å². The van der Waals surface area contributed by atoms with E-state index in [1.807, 2.05) is 62.6 Å². The van der Waals surface area contributed by atoms with E-state index in [2.05, 4.69) is 45.7 Å². The lowest BCUT2D eigenvalue weighted by Gasteiger charge is -2.10. The summed E-state index contributed by atoms with van der Waals surface area (Å²) in [6.45, 7) is 4.79. The summed E-state index contributed by atoms with van der Waals surface area (Å²) in [5, 5.41) is 6.90. The zero-order chi connectivity index (χ0) is 29.6. The number of aromatic amines is 1. The molecule has 0 saturated heterocycles. The third-order valence-corrected chi connectivity index (χ3v) is 6.82. The summed E-state index contributed by atoms with van der Waals surface area (Å²) < 4.78 is 0. The molecular weight excluding hydrogens is 524 g/mol. The Morgan fingerprint density at radius 2 is 1.76 bits per heavy atom. The minimum atomic E-state index is -0.237. The van der Waals surface area contributed by atoms with Crippen molar-refractivity contribution in [3.8, 4) is 11.3 Å². The standard InChI is InChI=1S/C34H34N6O2/c1-22-10-15-30-28(17-22)29(21-35-30)33-23(2)20-36-31(39-33)19-24-7-5-8-27(18-24)38-34(42)25-11-13-26(14-12-25)37-32(41)9-6-16-40(3)4/h5-15,17-18,20-21,35H,16,19H2,1-4H3,(H,37,41)(H,38,42)/b9-6+. The normalized spacial score (nSPS) is 11.4. The third-order valence-electron chi connectivity index (χ3n) is 6.82. The summed E-state index contributed by atoms with van der Waals surface area (Å²) in [6.07, 6.45) is 7.68.